The number of nitrogens with zero attached hydrogens (tertiary/aromatic N) is 3. The molecule has 0 unspecified atom stereocenters. The topological polar surface area (TPSA) is 92.1 Å². The zero-order chi connectivity index (χ0) is 18.3. The van der Waals surface area contributed by atoms with Crippen LogP contribution in [-0.4, -0.2) is 41.0 Å². The molecule has 2 aromatic heterocycles. The van der Waals surface area contributed by atoms with Gasteiger partial charge in [-0.15, -0.1) is 10.2 Å². The Morgan fingerprint density at radius 1 is 1.04 bits per heavy atom. The summed E-state index contributed by atoms with van der Waals surface area (Å²) < 4.78 is 33.9. The molecule has 7 nitrogen and oxygen atoms in total. The molecule has 1 saturated heterocycles. The van der Waals surface area contributed by atoms with Gasteiger partial charge >= 0.3 is 0 Å². The second-order valence-electron chi connectivity index (χ2n) is 7.47. The first-order valence-electron chi connectivity index (χ1n) is 9.51. The zero-order valence-corrected chi connectivity index (χ0v) is 16.2. The average Bonchev–Trinajstić information content (AvgIpc) is 2.99. The van der Waals surface area contributed by atoms with E-state index >= 15 is 0 Å². The molecular weight excluding hydrogens is 352 g/mol. The molecule has 2 fully saturated rings. The summed E-state index contributed by atoms with van der Waals surface area (Å²) in [6.45, 7) is 4.80. The van der Waals surface area contributed by atoms with Gasteiger partial charge in [0.25, 0.3) is 5.89 Å². The zero-order valence-electron chi connectivity index (χ0n) is 15.4. The van der Waals surface area contributed by atoms with Gasteiger partial charge in [-0.1, -0.05) is 19.3 Å². The van der Waals surface area contributed by atoms with Crippen LogP contribution in [0.15, 0.2) is 9.31 Å². The Kier molecular flexibility index (Phi) is 4.64. The minimum absolute atomic E-state index is 0.355. The van der Waals surface area contributed by atoms with Crippen molar-refractivity contribution in [1.29, 1.82) is 0 Å². The van der Waals surface area contributed by atoms with Crippen molar-refractivity contribution in [2.75, 3.05) is 13.1 Å². The number of aromatic nitrogens is 3. The fraction of sp³-hybridized carbons (Fsp3) is 0.667. The summed E-state index contributed by atoms with van der Waals surface area (Å²) in [7, 11) is -3.52. The van der Waals surface area contributed by atoms with Crippen LogP contribution in [0.25, 0.3) is 11.6 Å². The number of hydrogen-bond donors (Lipinski definition) is 1. The summed E-state index contributed by atoms with van der Waals surface area (Å²) in [5.41, 5.74) is 1.91. The first-order valence-corrected chi connectivity index (χ1v) is 11.0. The summed E-state index contributed by atoms with van der Waals surface area (Å²) in [5, 5.41) is 8.32. The molecule has 0 atom stereocenters. The Labute approximate surface area is 154 Å². The van der Waals surface area contributed by atoms with Crippen molar-refractivity contribution < 1.29 is 12.8 Å². The third-order valence-electron chi connectivity index (χ3n) is 5.64. The number of aryl methyl sites for hydroxylation is 1. The Balaban J connectivity index is 1.68. The maximum Gasteiger partial charge on any atom is 0.264 e. The molecule has 0 radical (unpaired) electrons. The molecule has 3 heterocycles. The number of sulfonamides is 1. The molecule has 142 valence electrons. The van der Waals surface area contributed by atoms with E-state index in [-0.39, 0.29) is 0 Å². The fourth-order valence-corrected chi connectivity index (χ4v) is 5.82. The predicted octanol–water partition coefficient (Wildman–Crippen LogP) is 3.51. The molecule has 0 amide bonds. The van der Waals surface area contributed by atoms with Crippen LogP contribution in [0.5, 0.6) is 0 Å². The highest BCUT2D eigenvalue weighted by molar-refractivity contribution is 7.89. The van der Waals surface area contributed by atoms with Crippen LogP contribution in [0, 0.1) is 13.8 Å². The summed E-state index contributed by atoms with van der Waals surface area (Å²) >= 11 is 0. The Bertz CT molecular complexity index is 888. The van der Waals surface area contributed by atoms with Crippen molar-refractivity contribution in [2.45, 2.75) is 69.6 Å². The maximum absolute atomic E-state index is 13.2. The second kappa shape index (κ2) is 6.81. The standard InChI is InChI=1S/C18H26N4O3S/c1-12-15(18-21-20-17(25-18)14-8-7-9-14)19-13(2)16(12)26(23,24)22-10-5-3-4-6-11-22/h14,19H,3-11H2,1-2H3. The molecule has 1 saturated carbocycles. The van der Waals surface area contributed by atoms with Gasteiger partial charge in [0.15, 0.2) is 0 Å². The maximum atomic E-state index is 13.2. The van der Waals surface area contributed by atoms with Gasteiger partial charge in [-0.25, -0.2) is 8.42 Å². The van der Waals surface area contributed by atoms with E-state index in [0.717, 1.165) is 38.5 Å². The highest BCUT2D eigenvalue weighted by Gasteiger charge is 2.32. The van der Waals surface area contributed by atoms with E-state index in [0.29, 0.717) is 52.6 Å². The lowest BCUT2D eigenvalue weighted by molar-refractivity contribution is 0.338. The Morgan fingerprint density at radius 2 is 1.73 bits per heavy atom. The van der Waals surface area contributed by atoms with Gasteiger partial charge in [0.2, 0.25) is 15.9 Å². The molecule has 0 bridgehead atoms. The van der Waals surface area contributed by atoms with Gasteiger partial charge in [-0.2, -0.15) is 4.31 Å². The van der Waals surface area contributed by atoms with Crippen LogP contribution in [0.2, 0.25) is 0 Å². The van der Waals surface area contributed by atoms with Crippen molar-refractivity contribution in [1.82, 2.24) is 19.5 Å². The number of nitrogens with one attached hydrogen (secondary N) is 1. The molecular formula is C18H26N4O3S. The number of hydrogen-bond acceptors (Lipinski definition) is 5. The van der Waals surface area contributed by atoms with E-state index in [9.17, 15) is 8.42 Å². The molecule has 2 aliphatic rings. The Hall–Kier alpha value is -1.67. The lowest BCUT2D eigenvalue weighted by atomic mass is 9.85. The van der Waals surface area contributed by atoms with Gasteiger partial charge in [0.1, 0.15) is 10.6 Å². The summed E-state index contributed by atoms with van der Waals surface area (Å²) in [6.07, 6.45) is 7.38. The van der Waals surface area contributed by atoms with Crippen molar-refractivity contribution in [3.05, 3.63) is 17.1 Å². The first-order chi connectivity index (χ1) is 12.5. The largest absolute Gasteiger partial charge is 0.419 e. The quantitative estimate of drug-likeness (QED) is 0.879. The molecule has 4 rings (SSSR count). The van der Waals surface area contributed by atoms with Gasteiger partial charge in [0.05, 0.1) is 0 Å². The highest BCUT2D eigenvalue weighted by atomic mass is 32.2. The molecule has 1 aliphatic carbocycles. The van der Waals surface area contributed by atoms with Crippen molar-refractivity contribution in [3.8, 4) is 11.6 Å². The average molecular weight is 378 g/mol. The molecule has 26 heavy (non-hydrogen) atoms. The minimum Gasteiger partial charge on any atom is -0.419 e. The van der Waals surface area contributed by atoms with E-state index in [1.165, 1.54) is 6.42 Å². The number of H-pyrrole nitrogens is 1. The molecule has 0 aromatic carbocycles. The van der Waals surface area contributed by atoms with Crippen LogP contribution >= 0.6 is 0 Å². The van der Waals surface area contributed by atoms with E-state index in [1.807, 2.05) is 6.92 Å². The molecule has 1 aliphatic heterocycles. The van der Waals surface area contributed by atoms with Gasteiger partial charge in [-0.05, 0) is 45.1 Å². The fourth-order valence-electron chi connectivity index (χ4n) is 3.90. The van der Waals surface area contributed by atoms with Gasteiger partial charge in [0, 0.05) is 24.7 Å². The van der Waals surface area contributed by atoms with E-state index < -0.39 is 10.0 Å². The summed E-state index contributed by atoms with van der Waals surface area (Å²) in [6, 6.07) is 0. The van der Waals surface area contributed by atoms with Crippen molar-refractivity contribution in [2.24, 2.45) is 0 Å². The minimum atomic E-state index is -3.52. The third kappa shape index (κ3) is 2.99. The molecule has 0 spiro atoms. The van der Waals surface area contributed by atoms with Crippen LogP contribution in [0.4, 0.5) is 0 Å². The third-order valence-corrected chi connectivity index (χ3v) is 7.81. The number of aromatic amines is 1. The lowest BCUT2D eigenvalue weighted by Gasteiger charge is -2.20. The smallest absolute Gasteiger partial charge is 0.264 e. The molecule has 1 N–H and O–H groups in total. The molecule has 8 heteroatoms. The van der Waals surface area contributed by atoms with Gasteiger partial charge < -0.3 is 9.40 Å². The Morgan fingerprint density at radius 3 is 2.35 bits per heavy atom. The van der Waals surface area contributed by atoms with E-state index in [2.05, 4.69) is 15.2 Å². The first kappa shape index (κ1) is 17.7. The van der Waals surface area contributed by atoms with Crippen LogP contribution in [-0.2, 0) is 10.0 Å². The normalized spacial score (nSPS) is 20.1. The summed E-state index contributed by atoms with van der Waals surface area (Å²) in [4.78, 5) is 3.54. The summed E-state index contributed by atoms with van der Waals surface area (Å²) in [5.74, 6) is 1.40. The van der Waals surface area contributed by atoms with Crippen LogP contribution in [0.1, 0.15) is 68.0 Å². The number of rotatable bonds is 4. The van der Waals surface area contributed by atoms with Crippen LogP contribution < -0.4 is 0 Å². The predicted molar refractivity (Wildman–Crippen MR) is 97.4 cm³/mol. The molecule has 2 aromatic rings. The monoisotopic (exact) mass is 378 g/mol. The SMILES string of the molecule is Cc1[nH]c(-c2nnc(C3CCC3)o2)c(C)c1S(=O)(=O)N1CCCCCC1. The van der Waals surface area contributed by atoms with Crippen molar-refractivity contribution in [3.63, 3.8) is 0 Å². The van der Waals surface area contributed by atoms with Crippen LogP contribution in [0.3, 0.4) is 0 Å². The lowest BCUT2D eigenvalue weighted by Crippen LogP contribution is -2.32. The highest BCUT2D eigenvalue weighted by Crippen LogP contribution is 2.38. The van der Waals surface area contributed by atoms with Gasteiger partial charge in [-0.3, -0.25) is 0 Å². The van der Waals surface area contributed by atoms with E-state index in [1.54, 1.807) is 11.2 Å². The van der Waals surface area contributed by atoms with Crippen molar-refractivity contribution >= 4 is 10.0 Å². The van der Waals surface area contributed by atoms with E-state index in [4.69, 9.17) is 4.42 Å². The second-order valence-corrected chi connectivity index (χ2v) is 9.35.